The molecule has 2 rings (SSSR count). The monoisotopic (exact) mass is 218 g/mol. The van der Waals surface area contributed by atoms with E-state index in [0.717, 1.165) is 12.8 Å². The summed E-state index contributed by atoms with van der Waals surface area (Å²) in [5.41, 5.74) is 7.74. The number of carbonyl (C=O) groups excluding carboxylic acids is 1. The summed E-state index contributed by atoms with van der Waals surface area (Å²) in [4.78, 5) is 11.9. The number of aryl methyl sites for hydroxylation is 1. The van der Waals surface area contributed by atoms with Gasteiger partial charge in [-0.25, -0.2) is 0 Å². The largest absolute Gasteiger partial charge is 0.351 e. The molecule has 1 fully saturated rings. The lowest BCUT2D eigenvalue weighted by Crippen LogP contribution is -2.36. The van der Waals surface area contributed by atoms with Crippen LogP contribution < -0.4 is 11.1 Å². The SMILES string of the molecule is Cc1ccccc1CNC(=O)C1(CN)CC1. The van der Waals surface area contributed by atoms with Gasteiger partial charge in [-0.2, -0.15) is 0 Å². The number of nitrogens with two attached hydrogens (primary N) is 1. The van der Waals surface area contributed by atoms with Gasteiger partial charge in [0.1, 0.15) is 0 Å². The Balaban J connectivity index is 1.93. The number of hydrogen-bond acceptors (Lipinski definition) is 2. The van der Waals surface area contributed by atoms with Gasteiger partial charge in [-0.05, 0) is 30.9 Å². The molecule has 1 aromatic carbocycles. The first-order valence-electron chi connectivity index (χ1n) is 5.71. The van der Waals surface area contributed by atoms with Gasteiger partial charge in [0, 0.05) is 13.1 Å². The lowest BCUT2D eigenvalue weighted by molar-refractivity contribution is -0.126. The molecule has 0 radical (unpaired) electrons. The second-order valence-corrected chi connectivity index (χ2v) is 4.59. The molecule has 1 aromatic rings. The van der Waals surface area contributed by atoms with Gasteiger partial charge in [0.25, 0.3) is 0 Å². The number of amides is 1. The van der Waals surface area contributed by atoms with Crippen molar-refractivity contribution in [3.05, 3.63) is 35.4 Å². The molecule has 1 saturated carbocycles. The third kappa shape index (κ3) is 2.09. The van der Waals surface area contributed by atoms with Gasteiger partial charge >= 0.3 is 0 Å². The van der Waals surface area contributed by atoms with Gasteiger partial charge in [-0.1, -0.05) is 24.3 Å². The highest BCUT2D eigenvalue weighted by molar-refractivity contribution is 5.85. The van der Waals surface area contributed by atoms with Gasteiger partial charge in [-0.3, -0.25) is 4.79 Å². The lowest BCUT2D eigenvalue weighted by Gasteiger charge is -2.13. The van der Waals surface area contributed by atoms with Crippen LogP contribution in [0.5, 0.6) is 0 Å². The summed E-state index contributed by atoms with van der Waals surface area (Å²) in [7, 11) is 0. The molecule has 3 N–H and O–H groups in total. The average molecular weight is 218 g/mol. The maximum Gasteiger partial charge on any atom is 0.227 e. The van der Waals surface area contributed by atoms with Crippen LogP contribution in [-0.4, -0.2) is 12.5 Å². The fourth-order valence-corrected chi connectivity index (χ4v) is 1.85. The van der Waals surface area contributed by atoms with Crippen LogP contribution in [0.4, 0.5) is 0 Å². The van der Waals surface area contributed by atoms with E-state index in [0.29, 0.717) is 13.1 Å². The van der Waals surface area contributed by atoms with Crippen LogP contribution in [0.3, 0.4) is 0 Å². The molecule has 16 heavy (non-hydrogen) atoms. The molecule has 0 atom stereocenters. The Morgan fingerprint density at radius 1 is 1.44 bits per heavy atom. The zero-order chi connectivity index (χ0) is 11.6. The molecule has 0 aromatic heterocycles. The van der Waals surface area contributed by atoms with E-state index in [9.17, 15) is 4.79 Å². The first kappa shape index (κ1) is 11.1. The molecule has 0 saturated heterocycles. The van der Waals surface area contributed by atoms with E-state index in [1.165, 1.54) is 11.1 Å². The number of carbonyl (C=O) groups is 1. The van der Waals surface area contributed by atoms with Crippen molar-refractivity contribution in [2.75, 3.05) is 6.54 Å². The molecule has 0 aliphatic heterocycles. The minimum Gasteiger partial charge on any atom is -0.351 e. The van der Waals surface area contributed by atoms with E-state index in [-0.39, 0.29) is 11.3 Å². The smallest absolute Gasteiger partial charge is 0.227 e. The maximum absolute atomic E-state index is 11.9. The van der Waals surface area contributed by atoms with Crippen LogP contribution >= 0.6 is 0 Å². The van der Waals surface area contributed by atoms with Crippen molar-refractivity contribution in [3.8, 4) is 0 Å². The first-order chi connectivity index (χ1) is 7.68. The predicted octanol–water partition coefficient (Wildman–Crippen LogP) is 1.35. The zero-order valence-electron chi connectivity index (χ0n) is 9.62. The Morgan fingerprint density at radius 3 is 2.69 bits per heavy atom. The van der Waals surface area contributed by atoms with E-state index >= 15 is 0 Å². The van der Waals surface area contributed by atoms with Gasteiger partial charge < -0.3 is 11.1 Å². The molecule has 0 unspecified atom stereocenters. The molecule has 3 nitrogen and oxygen atoms in total. The summed E-state index contributed by atoms with van der Waals surface area (Å²) < 4.78 is 0. The quantitative estimate of drug-likeness (QED) is 0.801. The minimum atomic E-state index is -0.247. The van der Waals surface area contributed by atoms with E-state index in [1.54, 1.807) is 0 Å². The van der Waals surface area contributed by atoms with Gasteiger partial charge in [0.05, 0.1) is 5.41 Å². The fourth-order valence-electron chi connectivity index (χ4n) is 1.85. The van der Waals surface area contributed by atoms with Gasteiger partial charge in [0.15, 0.2) is 0 Å². The summed E-state index contributed by atoms with van der Waals surface area (Å²) in [5.74, 6) is 0.109. The molecule has 1 amide bonds. The summed E-state index contributed by atoms with van der Waals surface area (Å²) in [6.07, 6.45) is 1.87. The average Bonchev–Trinajstić information content (AvgIpc) is 3.08. The standard InChI is InChI=1S/C13H18N2O/c1-10-4-2-3-5-11(10)8-15-12(16)13(9-14)6-7-13/h2-5H,6-9,14H2,1H3,(H,15,16). The van der Waals surface area contributed by atoms with Crippen molar-refractivity contribution in [2.45, 2.75) is 26.3 Å². The number of rotatable bonds is 4. The minimum absolute atomic E-state index is 0.109. The summed E-state index contributed by atoms with van der Waals surface area (Å²) in [5, 5.41) is 2.97. The van der Waals surface area contributed by atoms with Crippen LogP contribution in [0.15, 0.2) is 24.3 Å². The molecule has 0 heterocycles. The van der Waals surface area contributed by atoms with Crippen LogP contribution in [0.25, 0.3) is 0 Å². The Morgan fingerprint density at radius 2 is 2.12 bits per heavy atom. The Labute approximate surface area is 96.0 Å². The molecule has 0 bridgehead atoms. The highest BCUT2D eigenvalue weighted by Gasteiger charge is 2.48. The molecule has 1 aliphatic carbocycles. The Kier molecular flexibility index (Phi) is 2.97. The zero-order valence-corrected chi connectivity index (χ0v) is 9.62. The summed E-state index contributed by atoms with van der Waals surface area (Å²) >= 11 is 0. The van der Waals surface area contributed by atoms with E-state index in [4.69, 9.17) is 5.73 Å². The van der Waals surface area contributed by atoms with Crippen molar-refractivity contribution < 1.29 is 4.79 Å². The van der Waals surface area contributed by atoms with E-state index in [2.05, 4.69) is 18.3 Å². The fraction of sp³-hybridized carbons (Fsp3) is 0.462. The van der Waals surface area contributed by atoms with Crippen LogP contribution in [0.1, 0.15) is 24.0 Å². The highest BCUT2D eigenvalue weighted by atomic mass is 16.2. The van der Waals surface area contributed by atoms with Crippen molar-refractivity contribution in [3.63, 3.8) is 0 Å². The normalized spacial score (nSPS) is 16.9. The number of benzene rings is 1. The van der Waals surface area contributed by atoms with Gasteiger partial charge in [0.2, 0.25) is 5.91 Å². The number of nitrogens with one attached hydrogen (secondary N) is 1. The molecule has 0 spiro atoms. The number of hydrogen-bond donors (Lipinski definition) is 2. The molecule has 86 valence electrons. The summed E-state index contributed by atoms with van der Waals surface area (Å²) in [6, 6.07) is 8.09. The second-order valence-electron chi connectivity index (χ2n) is 4.59. The van der Waals surface area contributed by atoms with E-state index in [1.807, 2.05) is 18.2 Å². The van der Waals surface area contributed by atoms with Crippen LogP contribution in [-0.2, 0) is 11.3 Å². The van der Waals surface area contributed by atoms with Crippen LogP contribution in [0, 0.1) is 12.3 Å². The van der Waals surface area contributed by atoms with E-state index < -0.39 is 0 Å². The molecule has 1 aliphatic rings. The Hall–Kier alpha value is -1.35. The maximum atomic E-state index is 11.9. The van der Waals surface area contributed by atoms with Gasteiger partial charge in [-0.15, -0.1) is 0 Å². The Bertz CT molecular complexity index is 397. The van der Waals surface area contributed by atoms with Crippen molar-refractivity contribution in [1.29, 1.82) is 0 Å². The lowest BCUT2D eigenvalue weighted by atomic mass is 10.1. The third-order valence-corrected chi connectivity index (χ3v) is 3.43. The molecular formula is C13H18N2O. The van der Waals surface area contributed by atoms with Crippen molar-refractivity contribution in [2.24, 2.45) is 11.1 Å². The second kappa shape index (κ2) is 4.26. The van der Waals surface area contributed by atoms with Crippen molar-refractivity contribution in [1.82, 2.24) is 5.32 Å². The summed E-state index contributed by atoms with van der Waals surface area (Å²) in [6.45, 7) is 3.12. The molecular weight excluding hydrogens is 200 g/mol. The van der Waals surface area contributed by atoms with Crippen LogP contribution in [0.2, 0.25) is 0 Å². The highest BCUT2D eigenvalue weighted by Crippen LogP contribution is 2.44. The molecule has 3 heteroatoms. The first-order valence-corrected chi connectivity index (χ1v) is 5.71. The topological polar surface area (TPSA) is 55.1 Å². The third-order valence-electron chi connectivity index (χ3n) is 3.43. The predicted molar refractivity (Wildman–Crippen MR) is 63.7 cm³/mol. The van der Waals surface area contributed by atoms with Crippen molar-refractivity contribution >= 4 is 5.91 Å².